The molecule has 1 aromatic rings. The first kappa shape index (κ1) is 21.5. The van der Waals surface area contributed by atoms with Crippen LogP contribution in [-0.4, -0.2) is 52.5 Å². The van der Waals surface area contributed by atoms with Crippen molar-refractivity contribution in [3.63, 3.8) is 0 Å². The number of nitrogens with zero attached hydrogens (tertiary/aromatic N) is 1. The molecule has 0 radical (unpaired) electrons. The molecule has 0 spiro atoms. The lowest BCUT2D eigenvalue weighted by Crippen LogP contribution is -2.45. The number of piperidine rings is 1. The van der Waals surface area contributed by atoms with Gasteiger partial charge in [-0.3, -0.25) is 4.79 Å². The molecule has 1 atom stereocenters. The summed E-state index contributed by atoms with van der Waals surface area (Å²) in [6.45, 7) is 3.37. The molecule has 0 saturated carbocycles. The molecule has 0 bridgehead atoms. The van der Waals surface area contributed by atoms with E-state index in [4.69, 9.17) is 9.47 Å². The first-order valence-corrected chi connectivity index (χ1v) is 10.9. The van der Waals surface area contributed by atoms with E-state index in [1.807, 2.05) is 0 Å². The second-order valence-electron chi connectivity index (χ2n) is 6.72. The van der Waals surface area contributed by atoms with Gasteiger partial charge in [-0.1, -0.05) is 19.8 Å². The molecule has 1 aliphatic rings. The maximum atomic E-state index is 13.0. The summed E-state index contributed by atoms with van der Waals surface area (Å²) in [6.07, 6.45) is 4.49. The van der Waals surface area contributed by atoms with Gasteiger partial charge in [-0.05, 0) is 31.4 Å². The minimum atomic E-state index is -3.70. The largest absolute Gasteiger partial charge is 0.493 e. The normalized spacial score (nSPS) is 18.1. The number of nitrogens with one attached hydrogen (secondary N) is 1. The van der Waals surface area contributed by atoms with Gasteiger partial charge in [-0.25, -0.2) is 8.42 Å². The third-order valence-corrected chi connectivity index (χ3v) is 6.69. The van der Waals surface area contributed by atoms with Gasteiger partial charge in [0.25, 0.3) is 0 Å². The van der Waals surface area contributed by atoms with E-state index in [1.54, 1.807) is 6.07 Å². The van der Waals surface area contributed by atoms with Gasteiger partial charge < -0.3 is 14.8 Å². The number of hydrogen-bond acceptors (Lipinski definition) is 5. The number of rotatable bonds is 9. The Hall–Kier alpha value is -1.80. The van der Waals surface area contributed by atoms with Crippen molar-refractivity contribution < 1.29 is 22.7 Å². The second kappa shape index (κ2) is 9.94. The SMILES string of the molecule is CCCCCNC(=O)C1CCCN(S(=O)(=O)c2ccc(OC)c(OC)c2)C1. The molecule has 0 aliphatic carbocycles. The zero-order valence-corrected chi connectivity index (χ0v) is 17.2. The molecular formula is C19H30N2O5S. The van der Waals surface area contributed by atoms with Gasteiger partial charge in [0, 0.05) is 25.7 Å². The molecule has 8 heteroatoms. The van der Waals surface area contributed by atoms with E-state index in [0.717, 1.165) is 19.3 Å². The molecule has 27 heavy (non-hydrogen) atoms. The Morgan fingerprint density at radius 2 is 1.96 bits per heavy atom. The lowest BCUT2D eigenvalue weighted by Gasteiger charge is -2.31. The maximum absolute atomic E-state index is 13.0. The zero-order chi connectivity index (χ0) is 19.9. The summed E-state index contributed by atoms with van der Waals surface area (Å²) in [4.78, 5) is 12.5. The van der Waals surface area contributed by atoms with E-state index in [9.17, 15) is 13.2 Å². The maximum Gasteiger partial charge on any atom is 0.243 e. The van der Waals surface area contributed by atoms with Crippen molar-refractivity contribution in [2.24, 2.45) is 5.92 Å². The molecule has 1 amide bonds. The average molecular weight is 399 g/mol. The Morgan fingerprint density at radius 1 is 1.22 bits per heavy atom. The summed E-state index contributed by atoms with van der Waals surface area (Å²) >= 11 is 0. The Labute approximate surface area is 162 Å². The lowest BCUT2D eigenvalue weighted by molar-refractivity contribution is -0.126. The molecule has 1 aromatic carbocycles. The lowest BCUT2D eigenvalue weighted by atomic mass is 9.99. The highest BCUT2D eigenvalue weighted by atomic mass is 32.2. The second-order valence-corrected chi connectivity index (χ2v) is 8.66. The number of carbonyl (C=O) groups excluding carboxylic acids is 1. The molecule has 1 N–H and O–H groups in total. The van der Waals surface area contributed by atoms with Crippen molar-refractivity contribution in [1.82, 2.24) is 9.62 Å². The fourth-order valence-electron chi connectivity index (χ4n) is 3.23. The Bertz CT molecular complexity index is 736. The fourth-order valence-corrected chi connectivity index (χ4v) is 4.77. The number of hydrogen-bond donors (Lipinski definition) is 1. The minimum absolute atomic E-state index is 0.0571. The van der Waals surface area contributed by atoms with E-state index < -0.39 is 10.0 Å². The number of amides is 1. The van der Waals surface area contributed by atoms with Crippen LogP contribution in [0.1, 0.15) is 39.0 Å². The predicted molar refractivity (Wildman–Crippen MR) is 104 cm³/mol. The fraction of sp³-hybridized carbons (Fsp3) is 0.632. The first-order chi connectivity index (χ1) is 12.9. The van der Waals surface area contributed by atoms with Crippen LogP contribution >= 0.6 is 0 Å². The highest BCUT2D eigenvalue weighted by molar-refractivity contribution is 7.89. The van der Waals surface area contributed by atoms with Crippen molar-refractivity contribution in [2.75, 3.05) is 33.9 Å². The third kappa shape index (κ3) is 5.35. The molecule has 1 unspecified atom stereocenters. The minimum Gasteiger partial charge on any atom is -0.493 e. The van der Waals surface area contributed by atoms with E-state index in [2.05, 4.69) is 12.2 Å². The number of sulfonamides is 1. The smallest absolute Gasteiger partial charge is 0.243 e. The van der Waals surface area contributed by atoms with E-state index in [0.29, 0.717) is 37.4 Å². The molecule has 7 nitrogen and oxygen atoms in total. The number of unbranched alkanes of at least 4 members (excludes halogenated alkanes) is 2. The van der Waals surface area contributed by atoms with Crippen molar-refractivity contribution in [3.8, 4) is 11.5 Å². The monoisotopic (exact) mass is 398 g/mol. The van der Waals surface area contributed by atoms with E-state index in [1.165, 1.54) is 30.7 Å². The van der Waals surface area contributed by atoms with Crippen LogP contribution in [0.3, 0.4) is 0 Å². The molecule has 0 aromatic heterocycles. The molecule has 1 saturated heterocycles. The van der Waals surface area contributed by atoms with Crippen LogP contribution in [0.15, 0.2) is 23.1 Å². The van der Waals surface area contributed by atoms with Crippen LogP contribution in [0.4, 0.5) is 0 Å². The van der Waals surface area contributed by atoms with Gasteiger partial charge >= 0.3 is 0 Å². The molecule has 1 heterocycles. The van der Waals surface area contributed by atoms with Crippen LogP contribution in [0.25, 0.3) is 0 Å². The van der Waals surface area contributed by atoms with Crippen molar-refractivity contribution >= 4 is 15.9 Å². The number of benzene rings is 1. The van der Waals surface area contributed by atoms with E-state index in [-0.39, 0.29) is 23.3 Å². The summed E-state index contributed by atoms with van der Waals surface area (Å²) in [5.74, 6) is 0.467. The molecule has 1 aliphatic heterocycles. The van der Waals surface area contributed by atoms with Gasteiger partial charge in [-0.15, -0.1) is 0 Å². The predicted octanol–water partition coefficient (Wildman–Crippen LogP) is 2.41. The van der Waals surface area contributed by atoms with Crippen LogP contribution in [0.2, 0.25) is 0 Å². The van der Waals surface area contributed by atoms with Crippen molar-refractivity contribution in [2.45, 2.75) is 43.9 Å². The Kier molecular flexibility index (Phi) is 7.91. The van der Waals surface area contributed by atoms with E-state index >= 15 is 0 Å². The van der Waals surface area contributed by atoms with Crippen molar-refractivity contribution in [3.05, 3.63) is 18.2 Å². The summed E-state index contributed by atoms with van der Waals surface area (Å²) in [6, 6.07) is 4.54. The van der Waals surface area contributed by atoms with Gasteiger partial charge in [0.05, 0.1) is 25.0 Å². The summed E-state index contributed by atoms with van der Waals surface area (Å²) in [5, 5.41) is 2.94. The Morgan fingerprint density at radius 3 is 2.63 bits per heavy atom. The molecule has 1 fully saturated rings. The van der Waals surface area contributed by atoms with Gasteiger partial charge in [0.2, 0.25) is 15.9 Å². The van der Waals surface area contributed by atoms with Crippen LogP contribution in [-0.2, 0) is 14.8 Å². The standard InChI is InChI=1S/C19H30N2O5S/c1-4-5-6-11-20-19(22)15-8-7-12-21(14-15)27(23,24)16-9-10-17(25-2)18(13-16)26-3/h9-10,13,15H,4-8,11-12,14H2,1-3H3,(H,20,22). The van der Waals surface area contributed by atoms with Crippen molar-refractivity contribution in [1.29, 1.82) is 0 Å². The summed E-state index contributed by atoms with van der Waals surface area (Å²) < 4.78 is 37.8. The van der Waals surface area contributed by atoms with Crippen LogP contribution in [0, 0.1) is 5.92 Å². The topological polar surface area (TPSA) is 84.9 Å². The van der Waals surface area contributed by atoms with Crippen LogP contribution < -0.4 is 14.8 Å². The van der Waals surface area contributed by atoms with Gasteiger partial charge in [0.1, 0.15) is 0 Å². The summed E-state index contributed by atoms with van der Waals surface area (Å²) in [5.41, 5.74) is 0. The molecular weight excluding hydrogens is 368 g/mol. The number of ether oxygens (including phenoxy) is 2. The molecule has 2 rings (SSSR count). The Balaban J connectivity index is 2.08. The summed E-state index contributed by atoms with van der Waals surface area (Å²) in [7, 11) is -0.731. The molecule has 152 valence electrons. The highest BCUT2D eigenvalue weighted by Crippen LogP contribution is 2.32. The van der Waals surface area contributed by atoms with Gasteiger partial charge in [0.15, 0.2) is 11.5 Å². The quantitative estimate of drug-likeness (QED) is 0.646. The average Bonchev–Trinajstić information content (AvgIpc) is 2.70. The zero-order valence-electron chi connectivity index (χ0n) is 16.4. The van der Waals surface area contributed by atoms with Crippen LogP contribution in [0.5, 0.6) is 11.5 Å². The third-order valence-electron chi connectivity index (χ3n) is 4.83. The van der Waals surface area contributed by atoms with Gasteiger partial charge in [-0.2, -0.15) is 4.31 Å². The number of methoxy groups -OCH3 is 2. The first-order valence-electron chi connectivity index (χ1n) is 9.44. The highest BCUT2D eigenvalue weighted by Gasteiger charge is 2.33. The number of carbonyl (C=O) groups is 1.